The lowest BCUT2D eigenvalue weighted by Crippen LogP contribution is -2.50. The molecule has 0 spiro atoms. The van der Waals surface area contributed by atoms with Crippen molar-refractivity contribution < 1.29 is 9.59 Å². The van der Waals surface area contributed by atoms with E-state index in [-0.39, 0.29) is 30.8 Å². The number of amides is 2. The lowest BCUT2D eigenvalue weighted by Gasteiger charge is -2.30. The van der Waals surface area contributed by atoms with E-state index in [1.54, 1.807) is 42.2 Å². The summed E-state index contributed by atoms with van der Waals surface area (Å²) in [5.41, 5.74) is 1.53. The van der Waals surface area contributed by atoms with Crippen LogP contribution in [0.4, 0.5) is 0 Å². The van der Waals surface area contributed by atoms with Crippen LogP contribution in [0.5, 0.6) is 0 Å². The van der Waals surface area contributed by atoms with Gasteiger partial charge in [0.1, 0.15) is 6.04 Å². The molecule has 30 heavy (non-hydrogen) atoms. The Morgan fingerprint density at radius 3 is 2.43 bits per heavy atom. The second kappa shape index (κ2) is 10.5. The maximum absolute atomic E-state index is 13.2. The third-order valence-corrected chi connectivity index (χ3v) is 6.29. The van der Waals surface area contributed by atoms with Gasteiger partial charge in [-0.25, -0.2) is 0 Å². The highest BCUT2D eigenvalue weighted by Crippen LogP contribution is 2.23. The molecule has 160 valence electrons. The molecule has 1 N–H and O–H groups in total. The van der Waals surface area contributed by atoms with E-state index in [2.05, 4.69) is 5.32 Å². The number of carbonyl (C=O) groups excluding carboxylic acids is 2. The van der Waals surface area contributed by atoms with E-state index in [0.29, 0.717) is 20.6 Å². The first kappa shape index (κ1) is 22.9. The minimum atomic E-state index is -0.622. The highest BCUT2D eigenvalue weighted by atomic mass is 35.5. The quantitative estimate of drug-likeness (QED) is 0.571. The zero-order valence-electron chi connectivity index (χ0n) is 16.8. The van der Waals surface area contributed by atoms with Crippen molar-refractivity contribution in [2.24, 2.45) is 0 Å². The molecular weight excluding hydrogens is 443 g/mol. The van der Waals surface area contributed by atoms with E-state index in [9.17, 15) is 9.59 Å². The lowest BCUT2D eigenvalue weighted by molar-refractivity contribution is -0.140. The van der Waals surface area contributed by atoms with Gasteiger partial charge in [-0.3, -0.25) is 9.59 Å². The molecule has 1 atom stereocenters. The van der Waals surface area contributed by atoms with Crippen LogP contribution in [-0.4, -0.2) is 28.8 Å². The molecule has 1 aliphatic rings. The number of hydrogen-bond acceptors (Lipinski definition) is 2. The highest BCUT2D eigenvalue weighted by Gasteiger charge is 2.28. The summed E-state index contributed by atoms with van der Waals surface area (Å²) in [7, 11) is 0. The molecule has 2 aromatic carbocycles. The van der Waals surface area contributed by atoms with Gasteiger partial charge in [0.2, 0.25) is 11.8 Å². The van der Waals surface area contributed by atoms with Gasteiger partial charge in [-0.15, -0.1) is 0 Å². The predicted molar refractivity (Wildman–Crippen MR) is 122 cm³/mol. The van der Waals surface area contributed by atoms with Gasteiger partial charge < -0.3 is 10.2 Å². The fourth-order valence-corrected chi connectivity index (χ4v) is 4.42. The number of halogens is 3. The molecule has 1 fully saturated rings. The van der Waals surface area contributed by atoms with Crippen LogP contribution in [0.2, 0.25) is 15.1 Å². The summed E-state index contributed by atoms with van der Waals surface area (Å²) in [6, 6.07) is 11.9. The van der Waals surface area contributed by atoms with Crippen molar-refractivity contribution in [3.63, 3.8) is 0 Å². The summed E-state index contributed by atoms with van der Waals surface area (Å²) in [5, 5.41) is 4.62. The number of hydrogen-bond donors (Lipinski definition) is 1. The van der Waals surface area contributed by atoms with Gasteiger partial charge in [0.25, 0.3) is 0 Å². The van der Waals surface area contributed by atoms with Crippen molar-refractivity contribution in [3.8, 4) is 0 Å². The van der Waals surface area contributed by atoms with Crippen molar-refractivity contribution >= 4 is 46.6 Å². The van der Waals surface area contributed by atoms with Crippen molar-refractivity contribution in [1.29, 1.82) is 0 Å². The van der Waals surface area contributed by atoms with Crippen LogP contribution in [0.1, 0.15) is 43.7 Å². The van der Waals surface area contributed by atoms with Gasteiger partial charge >= 0.3 is 0 Å². The number of nitrogens with one attached hydrogen (secondary N) is 1. The molecule has 0 bridgehead atoms. The number of rotatable bonds is 7. The summed E-state index contributed by atoms with van der Waals surface area (Å²) >= 11 is 18.3. The molecule has 2 amide bonds. The fourth-order valence-electron chi connectivity index (χ4n) is 3.74. The van der Waals surface area contributed by atoms with Gasteiger partial charge in [0.15, 0.2) is 0 Å². The standard InChI is InChI=1S/C23H25Cl3N2O2/c1-15(23(30)27-20-7-2-3-8-20)28(14-16-5-4-6-18(24)11-16)22(29)12-17-9-10-19(25)13-21(17)26/h4-6,9-11,13,15,20H,2-3,7-8,12,14H2,1H3,(H,27,30). The third kappa shape index (κ3) is 6.13. The summed E-state index contributed by atoms with van der Waals surface area (Å²) in [4.78, 5) is 27.7. The number of carbonyl (C=O) groups is 2. The first-order valence-corrected chi connectivity index (χ1v) is 11.2. The Bertz CT molecular complexity index is 913. The molecule has 0 saturated heterocycles. The van der Waals surface area contributed by atoms with Gasteiger partial charge in [-0.05, 0) is 55.2 Å². The zero-order valence-corrected chi connectivity index (χ0v) is 19.1. The zero-order chi connectivity index (χ0) is 21.7. The predicted octanol–water partition coefficient (Wildman–Crippen LogP) is 5.67. The first-order chi connectivity index (χ1) is 14.3. The lowest BCUT2D eigenvalue weighted by atomic mass is 10.1. The molecule has 3 rings (SSSR count). The van der Waals surface area contributed by atoms with Crippen LogP contribution < -0.4 is 5.32 Å². The van der Waals surface area contributed by atoms with Crippen LogP contribution >= 0.6 is 34.8 Å². The molecule has 1 saturated carbocycles. The minimum absolute atomic E-state index is 0.0810. The fraction of sp³-hybridized carbons (Fsp3) is 0.391. The van der Waals surface area contributed by atoms with Crippen LogP contribution in [0.25, 0.3) is 0 Å². The molecule has 0 aliphatic heterocycles. The van der Waals surface area contributed by atoms with Crippen LogP contribution in [-0.2, 0) is 22.6 Å². The monoisotopic (exact) mass is 466 g/mol. The molecule has 0 radical (unpaired) electrons. The van der Waals surface area contributed by atoms with Gasteiger partial charge in [0.05, 0.1) is 6.42 Å². The number of nitrogens with zero attached hydrogens (tertiary/aromatic N) is 1. The second-order valence-electron chi connectivity index (χ2n) is 7.73. The smallest absolute Gasteiger partial charge is 0.242 e. The number of benzene rings is 2. The summed E-state index contributed by atoms with van der Waals surface area (Å²) in [6.45, 7) is 2.04. The van der Waals surface area contributed by atoms with Crippen LogP contribution in [0.15, 0.2) is 42.5 Å². The summed E-state index contributed by atoms with van der Waals surface area (Å²) in [5.74, 6) is -0.326. The van der Waals surface area contributed by atoms with Crippen molar-refractivity contribution in [3.05, 3.63) is 68.7 Å². The van der Waals surface area contributed by atoms with E-state index in [4.69, 9.17) is 34.8 Å². The Morgan fingerprint density at radius 1 is 1.07 bits per heavy atom. The Labute approximate surface area is 192 Å². The maximum Gasteiger partial charge on any atom is 0.242 e. The Hall–Kier alpha value is -1.75. The van der Waals surface area contributed by atoms with E-state index in [1.807, 2.05) is 12.1 Å². The third-order valence-electron chi connectivity index (χ3n) is 5.47. The first-order valence-electron chi connectivity index (χ1n) is 10.1. The average Bonchev–Trinajstić information content (AvgIpc) is 3.20. The van der Waals surface area contributed by atoms with Crippen molar-refractivity contribution in [2.45, 2.75) is 57.7 Å². The topological polar surface area (TPSA) is 49.4 Å². The van der Waals surface area contributed by atoms with E-state index < -0.39 is 6.04 Å². The second-order valence-corrected chi connectivity index (χ2v) is 9.01. The molecule has 7 heteroatoms. The average molecular weight is 468 g/mol. The minimum Gasteiger partial charge on any atom is -0.352 e. The van der Waals surface area contributed by atoms with Gasteiger partial charge in [-0.2, -0.15) is 0 Å². The summed E-state index contributed by atoms with van der Waals surface area (Å²) in [6.07, 6.45) is 4.30. The van der Waals surface area contributed by atoms with E-state index >= 15 is 0 Å². The van der Waals surface area contributed by atoms with Crippen molar-refractivity contribution in [2.75, 3.05) is 0 Å². The molecule has 1 unspecified atom stereocenters. The molecule has 0 heterocycles. The normalized spacial score (nSPS) is 15.1. The molecule has 4 nitrogen and oxygen atoms in total. The van der Waals surface area contributed by atoms with Crippen molar-refractivity contribution in [1.82, 2.24) is 10.2 Å². The van der Waals surface area contributed by atoms with Crippen LogP contribution in [0, 0.1) is 0 Å². The SMILES string of the molecule is CC(C(=O)NC1CCCC1)N(Cc1cccc(Cl)c1)C(=O)Cc1ccc(Cl)cc1Cl. The van der Waals surface area contributed by atoms with Crippen LogP contribution in [0.3, 0.4) is 0 Å². The molecular formula is C23H25Cl3N2O2. The molecule has 0 aromatic heterocycles. The van der Waals surface area contributed by atoms with E-state index in [0.717, 1.165) is 31.2 Å². The largest absolute Gasteiger partial charge is 0.352 e. The Balaban J connectivity index is 1.79. The Morgan fingerprint density at radius 2 is 1.77 bits per heavy atom. The maximum atomic E-state index is 13.2. The van der Waals surface area contributed by atoms with E-state index in [1.165, 1.54) is 0 Å². The van der Waals surface area contributed by atoms with Gasteiger partial charge in [-0.1, -0.05) is 65.8 Å². The molecule has 1 aliphatic carbocycles. The summed E-state index contributed by atoms with van der Waals surface area (Å²) < 4.78 is 0. The highest BCUT2D eigenvalue weighted by molar-refractivity contribution is 6.35. The Kier molecular flexibility index (Phi) is 8.04. The molecule has 2 aromatic rings. The van der Waals surface area contributed by atoms with Gasteiger partial charge in [0, 0.05) is 27.7 Å².